The molecule has 0 bridgehead atoms. The van der Waals surface area contributed by atoms with Crippen LogP contribution in [0.3, 0.4) is 0 Å². The monoisotopic (exact) mass is 237 g/mol. The van der Waals surface area contributed by atoms with Gasteiger partial charge in [-0.25, -0.2) is 0 Å². The molecule has 0 aliphatic heterocycles. The van der Waals surface area contributed by atoms with E-state index in [2.05, 4.69) is 44.3 Å². The molecule has 1 rings (SSSR count). The largest absolute Gasteiger partial charge is 0.355 e. The van der Waals surface area contributed by atoms with Crippen LogP contribution in [0.25, 0.3) is 0 Å². The number of benzene rings is 1. The zero-order chi connectivity index (χ0) is 12.8. The van der Waals surface area contributed by atoms with Crippen LogP contribution in [-0.2, 0) is 9.47 Å². The Hall–Kier alpha value is -0.900. The van der Waals surface area contributed by atoms with Gasteiger partial charge in [0.1, 0.15) is 0 Å². The van der Waals surface area contributed by atoms with Crippen molar-refractivity contribution in [1.82, 2.24) is 5.32 Å². The van der Waals surface area contributed by atoms with Gasteiger partial charge >= 0.3 is 0 Å². The molecule has 0 fully saturated rings. The van der Waals surface area contributed by atoms with Crippen LogP contribution in [0.15, 0.2) is 18.2 Å². The number of aryl methyl sites for hydroxylation is 2. The standard InChI is InChI=1S/C14H23NO2/c1-10-6-11(2)8-13(7-10)12(3)15-9-14(16-4)17-5/h6-8,12,14-15H,9H2,1-5H3. The predicted octanol–water partition coefficient (Wildman–Crippen LogP) is 2.57. The van der Waals surface area contributed by atoms with Gasteiger partial charge < -0.3 is 14.8 Å². The Labute approximate surface area is 104 Å². The van der Waals surface area contributed by atoms with Crippen LogP contribution in [-0.4, -0.2) is 27.1 Å². The van der Waals surface area contributed by atoms with Gasteiger partial charge in [-0.05, 0) is 26.3 Å². The van der Waals surface area contributed by atoms with Crippen LogP contribution in [0.2, 0.25) is 0 Å². The summed E-state index contributed by atoms with van der Waals surface area (Å²) in [5.41, 5.74) is 3.89. The minimum atomic E-state index is -0.191. The average molecular weight is 237 g/mol. The highest BCUT2D eigenvalue weighted by Crippen LogP contribution is 2.16. The maximum absolute atomic E-state index is 5.15. The summed E-state index contributed by atoms with van der Waals surface area (Å²) in [6.45, 7) is 7.07. The molecular formula is C14H23NO2. The third kappa shape index (κ3) is 4.46. The Morgan fingerprint density at radius 1 is 1.06 bits per heavy atom. The topological polar surface area (TPSA) is 30.5 Å². The first-order valence-corrected chi connectivity index (χ1v) is 5.94. The van der Waals surface area contributed by atoms with E-state index in [1.807, 2.05) is 0 Å². The smallest absolute Gasteiger partial charge is 0.169 e. The maximum Gasteiger partial charge on any atom is 0.169 e. The van der Waals surface area contributed by atoms with E-state index in [9.17, 15) is 0 Å². The van der Waals surface area contributed by atoms with Crippen molar-refractivity contribution in [3.05, 3.63) is 34.9 Å². The lowest BCUT2D eigenvalue weighted by Crippen LogP contribution is -2.31. The summed E-state index contributed by atoms with van der Waals surface area (Å²) in [5.74, 6) is 0. The van der Waals surface area contributed by atoms with Crippen LogP contribution >= 0.6 is 0 Å². The van der Waals surface area contributed by atoms with Crippen molar-refractivity contribution in [3.8, 4) is 0 Å². The van der Waals surface area contributed by atoms with Crippen LogP contribution in [0.5, 0.6) is 0 Å². The minimum Gasteiger partial charge on any atom is -0.355 e. The maximum atomic E-state index is 5.15. The lowest BCUT2D eigenvalue weighted by atomic mass is 10.0. The summed E-state index contributed by atoms with van der Waals surface area (Å²) >= 11 is 0. The molecule has 0 radical (unpaired) electrons. The number of hydrogen-bond donors (Lipinski definition) is 1. The van der Waals surface area contributed by atoms with E-state index >= 15 is 0 Å². The molecule has 0 aliphatic carbocycles. The highest BCUT2D eigenvalue weighted by molar-refractivity contribution is 5.30. The first kappa shape index (κ1) is 14.2. The van der Waals surface area contributed by atoms with Gasteiger partial charge in [0.15, 0.2) is 6.29 Å². The van der Waals surface area contributed by atoms with Crippen molar-refractivity contribution in [2.24, 2.45) is 0 Å². The van der Waals surface area contributed by atoms with Gasteiger partial charge in [-0.1, -0.05) is 29.3 Å². The number of nitrogens with one attached hydrogen (secondary N) is 1. The van der Waals surface area contributed by atoms with E-state index in [-0.39, 0.29) is 6.29 Å². The molecule has 3 nitrogen and oxygen atoms in total. The lowest BCUT2D eigenvalue weighted by Gasteiger charge is -2.19. The van der Waals surface area contributed by atoms with E-state index in [4.69, 9.17) is 9.47 Å². The Morgan fingerprint density at radius 2 is 1.59 bits per heavy atom. The summed E-state index contributed by atoms with van der Waals surface area (Å²) < 4.78 is 10.3. The van der Waals surface area contributed by atoms with Crippen LogP contribution < -0.4 is 5.32 Å². The van der Waals surface area contributed by atoms with Crippen LogP contribution in [0.1, 0.15) is 29.7 Å². The average Bonchev–Trinajstić information content (AvgIpc) is 2.28. The van der Waals surface area contributed by atoms with Crippen molar-refractivity contribution < 1.29 is 9.47 Å². The summed E-state index contributed by atoms with van der Waals surface area (Å²) in [6.07, 6.45) is -0.191. The van der Waals surface area contributed by atoms with Gasteiger partial charge in [-0.3, -0.25) is 0 Å². The molecule has 1 aromatic carbocycles. The molecule has 17 heavy (non-hydrogen) atoms. The van der Waals surface area contributed by atoms with Crippen molar-refractivity contribution in [2.45, 2.75) is 33.1 Å². The molecule has 0 spiro atoms. The summed E-state index contributed by atoms with van der Waals surface area (Å²) in [6, 6.07) is 6.89. The zero-order valence-corrected chi connectivity index (χ0v) is 11.4. The molecule has 0 aromatic heterocycles. The molecule has 1 unspecified atom stereocenters. The van der Waals surface area contributed by atoms with Crippen LogP contribution in [0, 0.1) is 13.8 Å². The van der Waals surface area contributed by atoms with Gasteiger partial charge in [-0.2, -0.15) is 0 Å². The first-order chi connectivity index (χ1) is 8.06. The third-order valence-electron chi connectivity index (χ3n) is 2.86. The summed E-state index contributed by atoms with van der Waals surface area (Å²) in [5, 5.41) is 3.41. The fraction of sp³-hybridized carbons (Fsp3) is 0.571. The van der Waals surface area contributed by atoms with E-state index in [1.165, 1.54) is 16.7 Å². The fourth-order valence-corrected chi connectivity index (χ4v) is 1.91. The lowest BCUT2D eigenvalue weighted by molar-refractivity contribution is -0.0997. The molecular weight excluding hydrogens is 214 g/mol. The number of hydrogen-bond acceptors (Lipinski definition) is 3. The number of methoxy groups -OCH3 is 2. The summed E-state index contributed by atoms with van der Waals surface area (Å²) in [7, 11) is 3.30. The van der Waals surface area contributed by atoms with Gasteiger partial charge in [0.05, 0.1) is 0 Å². The second-order valence-electron chi connectivity index (χ2n) is 4.45. The van der Waals surface area contributed by atoms with Crippen molar-refractivity contribution >= 4 is 0 Å². The van der Waals surface area contributed by atoms with Gasteiger partial charge in [0.25, 0.3) is 0 Å². The normalized spacial score (nSPS) is 13.1. The molecule has 1 atom stereocenters. The predicted molar refractivity (Wildman–Crippen MR) is 70.1 cm³/mol. The van der Waals surface area contributed by atoms with Gasteiger partial charge in [0, 0.05) is 26.8 Å². The molecule has 0 saturated carbocycles. The molecule has 3 heteroatoms. The van der Waals surface area contributed by atoms with E-state index in [0.717, 1.165) is 0 Å². The highest BCUT2D eigenvalue weighted by atomic mass is 16.7. The second kappa shape index (κ2) is 6.74. The molecule has 0 amide bonds. The molecule has 0 heterocycles. The Balaban J connectivity index is 2.60. The molecule has 0 saturated heterocycles. The summed E-state index contributed by atoms with van der Waals surface area (Å²) in [4.78, 5) is 0. The zero-order valence-electron chi connectivity index (χ0n) is 11.4. The third-order valence-corrected chi connectivity index (χ3v) is 2.86. The first-order valence-electron chi connectivity index (χ1n) is 5.94. The highest BCUT2D eigenvalue weighted by Gasteiger charge is 2.09. The minimum absolute atomic E-state index is 0.191. The van der Waals surface area contributed by atoms with Crippen molar-refractivity contribution in [3.63, 3.8) is 0 Å². The van der Waals surface area contributed by atoms with E-state index in [0.29, 0.717) is 12.6 Å². The molecule has 0 aliphatic rings. The van der Waals surface area contributed by atoms with E-state index in [1.54, 1.807) is 14.2 Å². The SMILES string of the molecule is COC(CNC(C)c1cc(C)cc(C)c1)OC. The second-order valence-corrected chi connectivity index (χ2v) is 4.45. The van der Waals surface area contributed by atoms with Crippen LogP contribution in [0.4, 0.5) is 0 Å². The van der Waals surface area contributed by atoms with E-state index < -0.39 is 0 Å². The Bertz CT molecular complexity index is 328. The number of rotatable bonds is 6. The van der Waals surface area contributed by atoms with Crippen molar-refractivity contribution in [2.75, 3.05) is 20.8 Å². The Kier molecular flexibility index (Phi) is 5.62. The Morgan fingerprint density at radius 3 is 2.06 bits per heavy atom. The molecule has 1 N–H and O–H groups in total. The molecule has 96 valence electrons. The van der Waals surface area contributed by atoms with Gasteiger partial charge in [0.2, 0.25) is 0 Å². The van der Waals surface area contributed by atoms with Gasteiger partial charge in [-0.15, -0.1) is 0 Å². The molecule has 1 aromatic rings. The quantitative estimate of drug-likeness (QED) is 0.771. The fourth-order valence-electron chi connectivity index (χ4n) is 1.91. The number of ether oxygens (including phenoxy) is 2. The van der Waals surface area contributed by atoms with Crippen molar-refractivity contribution in [1.29, 1.82) is 0 Å².